The van der Waals surface area contributed by atoms with Crippen molar-refractivity contribution in [2.75, 3.05) is 13.1 Å². The van der Waals surface area contributed by atoms with Gasteiger partial charge in [0, 0.05) is 42.1 Å². The number of nitrogens with zero attached hydrogens (tertiary/aromatic N) is 1. The van der Waals surface area contributed by atoms with E-state index in [-0.39, 0.29) is 0 Å². The molecule has 1 N–H and O–H groups in total. The summed E-state index contributed by atoms with van der Waals surface area (Å²) in [6, 6.07) is 8.53. The summed E-state index contributed by atoms with van der Waals surface area (Å²) in [7, 11) is 0. The number of rotatable bonds is 3. The second kappa shape index (κ2) is 4.46. The number of fused-ring (bicyclic) bond motifs is 3. The molecular weight excluding hydrogens is 220 g/mol. The highest BCUT2D eigenvalue weighted by Crippen LogP contribution is 2.34. The van der Waals surface area contributed by atoms with Crippen LogP contribution in [-0.2, 0) is 6.54 Å². The molecule has 0 saturated heterocycles. The predicted octanol–water partition coefficient (Wildman–Crippen LogP) is 3.44. The molecule has 1 aromatic carbocycles. The van der Waals surface area contributed by atoms with Crippen LogP contribution in [-0.4, -0.2) is 23.0 Å². The zero-order valence-corrected chi connectivity index (χ0v) is 10.5. The Morgan fingerprint density at radius 2 is 2.17 bits per heavy atom. The second-order valence-corrected chi connectivity index (χ2v) is 4.89. The molecule has 92 valence electrons. The number of para-hydroxylation sites is 1. The summed E-state index contributed by atoms with van der Waals surface area (Å²) >= 11 is 0. The van der Waals surface area contributed by atoms with Gasteiger partial charge in [0.15, 0.2) is 0 Å². The fraction of sp³-hybridized carbons (Fsp3) is 0.250. The Balaban J connectivity index is 2.12. The van der Waals surface area contributed by atoms with Crippen LogP contribution in [0.1, 0.15) is 17.2 Å². The maximum atomic E-state index is 4.00. The zero-order valence-electron chi connectivity index (χ0n) is 10.5. The van der Waals surface area contributed by atoms with Crippen LogP contribution >= 0.6 is 0 Å². The highest BCUT2D eigenvalue weighted by Gasteiger charge is 2.26. The van der Waals surface area contributed by atoms with Gasteiger partial charge in [0.1, 0.15) is 0 Å². The Morgan fingerprint density at radius 1 is 1.33 bits per heavy atom. The lowest BCUT2D eigenvalue weighted by molar-refractivity contribution is 0.266. The third-order valence-electron chi connectivity index (χ3n) is 3.71. The predicted molar refractivity (Wildman–Crippen MR) is 76.7 cm³/mol. The monoisotopic (exact) mass is 238 g/mol. The van der Waals surface area contributed by atoms with Gasteiger partial charge in [-0.05, 0) is 11.6 Å². The van der Waals surface area contributed by atoms with Crippen molar-refractivity contribution in [2.45, 2.75) is 12.5 Å². The van der Waals surface area contributed by atoms with Gasteiger partial charge in [-0.2, -0.15) is 0 Å². The van der Waals surface area contributed by atoms with Crippen molar-refractivity contribution in [3.8, 4) is 0 Å². The first-order valence-electron chi connectivity index (χ1n) is 6.38. The molecule has 18 heavy (non-hydrogen) atoms. The van der Waals surface area contributed by atoms with Gasteiger partial charge in [0.05, 0.1) is 0 Å². The third kappa shape index (κ3) is 1.70. The van der Waals surface area contributed by atoms with E-state index in [1.54, 1.807) is 0 Å². The van der Waals surface area contributed by atoms with Crippen LogP contribution in [0.5, 0.6) is 0 Å². The summed E-state index contributed by atoms with van der Waals surface area (Å²) < 4.78 is 0. The minimum atomic E-state index is 0.407. The van der Waals surface area contributed by atoms with E-state index in [9.17, 15) is 0 Å². The van der Waals surface area contributed by atoms with Crippen LogP contribution in [0.4, 0.5) is 0 Å². The molecule has 1 aliphatic rings. The molecule has 0 fully saturated rings. The van der Waals surface area contributed by atoms with Crippen molar-refractivity contribution in [3.63, 3.8) is 0 Å². The summed E-state index contributed by atoms with van der Waals surface area (Å²) in [5.41, 5.74) is 3.99. The summed E-state index contributed by atoms with van der Waals surface area (Å²) in [6.45, 7) is 10.8. The smallest absolute Gasteiger partial charge is 0.0459 e. The molecule has 2 heteroatoms. The van der Waals surface area contributed by atoms with E-state index < -0.39 is 0 Å². The van der Waals surface area contributed by atoms with E-state index in [2.05, 4.69) is 53.4 Å². The van der Waals surface area contributed by atoms with Crippen molar-refractivity contribution in [2.24, 2.45) is 0 Å². The molecule has 0 saturated carbocycles. The molecule has 2 heterocycles. The molecule has 1 aromatic heterocycles. The van der Waals surface area contributed by atoms with E-state index >= 15 is 0 Å². The number of hydrogen-bond donors (Lipinski definition) is 1. The van der Waals surface area contributed by atoms with Crippen LogP contribution in [0.3, 0.4) is 0 Å². The lowest BCUT2D eigenvalue weighted by Crippen LogP contribution is -2.32. The largest absolute Gasteiger partial charge is 0.357 e. The van der Waals surface area contributed by atoms with Crippen molar-refractivity contribution in [1.82, 2.24) is 9.88 Å². The molecule has 2 nitrogen and oxygen atoms in total. The lowest BCUT2D eigenvalue weighted by Gasteiger charge is -2.30. The highest BCUT2D eigenvalue weighted by molar-refractivity contribution is 5.85. The summed E-state index contributed by atoms with van der Waals surface area (Å²) in [5, 5.41) is 1.34. The number of benzene rings is 1. The molecule has 0 spiro atoms. The van der Waals surface area contributed by atoms with Gasteiger partial charge in [-0.3, -0.25) is 4.90 Å². The summed E-state index contributed by atoms with van der Waals surface area (Å²) in [5.74, 6) is 0.407. The first-order chi connectivity index (χ1) is 8.83. The Morgan fingerprint density at radius 3 is 2.94 bits per heavy atom. The number of aromatic amines is 1. The minimum Gasteiger partial charge on any atom is -0.357 e. The summed E-state index contributed by atoms with van der Waals surface area (Å²) in [6.07, 6.45) is 4.03. The van der Waals surface area contributed by atoms with Crippen molar-refractivity contribution >= 4 is 10.9 Å². The maximum Gasteiger partial charge on any atom is 0.0459 e. The SMILES string of the molecule is C=CCN1Cc2[nH]c3ccccc3c2C(C=C)C1. The van der Waals surface area contributed by atoms with Crippen LogP contribution < -0.4 is 0 Å². The lowest BCUT2D eigenvalue weighted by atomic mass is 9.92. The van der Waals surface area contributed by atoms with E-state index in [1.807, 2.05) is 6.08 Å². The normalized spacial score (nSPS) is 19.7. The highest BCUT2D eigenvalue weighted by atomic mass is 15.1. The average Bonchev–Trinajstić information content (AvgIpc) is 2.76. The van der Waals surface area contributed by atoms with Crippen LogP contribution in [0.25, 0.3) is 10.9 Å². The van der Waals surface area contributed by atoms with E-state index in [1.165, 1.54) is 22.2 Å². The Kier molecular flexibility index (Phi) is 2.80. The van der Waals surface area contributed by atoms with Gasteiger partial charge >= 0.3 is 0 Å². The van der Waals surface area contributed by atoms with Crippen molar-refractivity contribution < 1.29 is 0 Å². The third-order valence-corrected chi connectivity index (χ3v) is 3.71. The minimum absolute atomic E-state index is 0.407. The van der Waals surface area contributed by atoms with Crippen LogP contribution in [0.2, 0.25) is 0 Å². The van der Waals surface area contributed by atoms with E-state index in [4.69, 9.17) is 0 Å². The fourth-order valence-electron chi connectivity index (χ4n) is 2.94. The van der Waals surface area contributed by atoms with Crippen molar-refractivity contribution in [3.05, 3.63) is 60.8 Å². The quantitative estimate of drug-likeness (QED) is 0.812. The van der Waals surface area contributed by atoms with Gasteiger partial charge < -0.3 is 4.98 Å². The molecule has 1 atom stereocenters. The molecule has 0 amide bonds. The standard InChI is InChI=1S/C16H18N2/c1-3-9-18-10-12(4-2)16-13-7-5-6-8-14(13)17-15(16)11-18/h3-8,12,17H,1-2,9-11H2. The molecule has 1 unspecified atom stereocenters. The molecule has 2 aromatic rings. The molecule has 1 aliphatic heterocycles. The van der Waals surface area contributed by atoms with Gasteiger partial charge in [-0.1, -0.05) is 30.4 Å². The Labute approximate surface area is 108 Å². The Bertz CT molecular complexity index is 594. The number of H-pyrrole nitrogens is 1. The topological polar surface area (TPSA) is 19.0 Å². The van der Waals surface area contributed by atoms with Crippen molar-refractivity contribution in [1.29, 1.82) is 0 Å². The van der Waals surface area contributed by atoms with E-state index in [0.29, 0.717) is 5.92 Å². The molecule has 0 bridgehead atoms. The number of hydrogen-bond acceptors (Lipinski definition) is 1. The second-order valence-electron chi connectivity index (χ2n) is 4.89. The Hall–Kier alpha value is -1.80. The maximum absolute atomic E-state index is 4.00. The number of aromatic nitrogens is 1. The van der Waals surface area contributed by atoms with Gasteiger partial charge in [0.25, 0.3) is 0 Å². The molecular formula is C16H18N2. The zero-order chi connectivity index (χ0) is 12.5. The fourth-order valence-corrected chi connectivity index (χ4v) is 2.94. The van der Waals surface area contributed by atoms with Gasteiger partial charge in [-0.15, -0.1) is 13.2 Å². The average molecular weight is 238 g/mol. The summed E-state index contributed by atoms with van der Waals surface area (Å²) in [4.78, 5) is 5.94. The first kappa shape index (κ1) is 11.3. The first-order valence-corrected chi connectivity index (χ1v) is 6.38. The molecule has 0 radical (unpaired) electrons. The van der Waals surface area contributed by atoms with Crippen LogP contribution in [0.15, 0.2) is 49.6 Å². The van der Waals surface area contributed by atoms with E-state index in [0.717, 1.165) is 19.6 Å². The van der Waals surface area contributed by atoms with Crippen LogP contribution in [0, 0.1) is 0 Å². The molecule has 3 rings (SSSR count). The van der Waals surface area contributed by atoms with Gasteiger partial charge in [-0.25, -0.2) is 0 Å². The number of nitrogens with one attached hydrogen (secondary N) is 1. The molecule has 0 aliphatic carbocycles. The van der Waals surface area contributed by atoms with Gasteiger partial charge in [0.2, 0.25) is 0 Å².